The molecule has 0 spiro atoms. The maximum atomic E-state index is 14.3. The van der Waals surface area contributed by atoms with Crippen LogP contribution in [0.25, 0.3) is 69.1 Å². The van der Waals surface area contributed by atoms with Crippen molar-refractivity contribution in [3.05, 3.63) is 82.4 Å². The van der Waals surface area contributed by atoms with E-state index < -0.39 is 69.3 Å². The van der Waals surface area contributed by atoms with E-state index in [4.69, 9.17) is 0 Å². The van der Waals surface area contributed by atoms with E-state index in [2.05, 4.69) is 9.97 Å². The first-order chi connectivity index (χ1) is 21.9. The van der Waals surface area contributed by atoms with Crippen molar-refractivity contribution in [3.8, 4) is 40.7 Å². The van der Waals surface area contributed by atoms with Gasteiger partial charge in [-0.15, -0.1) is 45.3 Å². The highest BCUT2D eigenvalue weighted by atomic mass is 32.1. The van der Waals surface area contributed by atoms with Crippen molar-refractivity contribution in [2.75, 3.05) is 0 Å². The van der Waals surface area contributed by atoms with Gasteiger partial charge in [-0.2, -0.15) is 0 Å². The highest BCUT2D eigenvalue weighted by Crippen LogP contribution is 2.48. The monoisotopic (exact) mass is 750 g/mol. The zero-order chi connectivity index (χ0) is 32.3. The standard InChI is InChI=1S/C28H4F10N2S6/c29-15-13(16(30)20(34)23(37)19(15)33)9-1-5-7(41-9)3-11(43-5)25-39-27-28(45-25)40-26(46-27)12-4-8-6(44-12)2-10(42-8)14-17(31)21(35)24(38)22(36)18(14)32/h1-4H. The van der Waals surface area contributed by atoms with Crippen molar-refractivity contribution in [1.29, 1.82) is 0 Å². The maximum Gasteiger partial charge on any atom is 0.200 e. The number of rotatable bonds is 4. The maximum absolute atomic E-state index is 14.3. The van der Waals surface area contributed by atoms with Crippen LogP contribution in [0.3, 0.4) is 0 Å². The molecule has 8 rings (SSSR count). The third kappa shape index (κ3) is 4.37. The number of benzene rings is 2. The molecule has 0 aliphatic heterocycles. The number of thiophene rings is 4. The lowest BCUT2D eigenvalue weighted by Crippen LogP contribution is -2.03. The Bertz CT molecular complexity index is 2240. The first kappa shape index (κ1) is 29.9. The Labute approximate surface area is 272 Å². The molecule has 0 saturated carbocycles. The number of halogens is 10. The van der Waals surface area contributed by atoms with Crippen molar-refractivity contribution in [1.82, 2.24) is 9.97 Å². The molecule has 46 heavy (non-hydrogen) atoms. The van der Waals surface area contributed by atoms with Crippen LogP contribution in [-0.2, 0) is 0 Å². The Balaban J connectivity index is 1.08. The second-order valence-corrected chi connectivity index (χ2v) is 15.7. The molecule has 0 fully saturated rings. The molecule has 0 aliphatic carbocycles. The third-order valence-corrected chi connectivity index (χ3v) is 13.7. The minimum absolute atomic E-state index is 0.109. The molecule has 2 nitrogen and oxygen atoms in total. The molecular weight excluding hydrogens is 747 g/mol. The summed E-state index contributed by atoms with van der Waals surface area (Å²) in [4.78, 5) is 11.7. The van der Waals surface area contributed by atoms with E-state index in [9.17, 15) is 43.9 Å². The quantitative estimate of drug-likeness (QED) is 0.102. The number of hydrogen-bond acceptors (Lipinski definition) is 8. The van der Waals surface area contributed by atoms with Crippen LogP contribution in [0.15, 0.2) is 24.3 Å². The summed E-state index contributed by atoms with van der Waals surface area (Å²) in [5.74, 6) is -20.1. The number of hydrogen-bond donors (Lipinski definition) is 0. The Morgan fingerprint density at radius 1 is 0.326 bits per heavy atom. The zero-order valence-corrected chi connectivity index (χ0v) is 26.3. The fourth-order valence-corrected chi connectivity index (χ4v) is 11.6. The lowest BCUT2D eigenvalue weighted by molar-refractivity contribution is 0.381. The van der Waals surface area contributed by atoms with Gasteiger partial charge in [0, 0.05) is 28.6 Å². The van der Waals surface area contributed by atoms with Gasteiger partial charge >= 0.3 is 0 Å². The summed E-state index contributed by atoms with van der Waals surface area (Å²) in [6.07, 6.45) is 0. The van der Waals surface area contributed by atoms with Gasteiger partial charge in [0.25, 0.3) is 0 Å². The molecule has 0 atom stereocenters. The van der Waals surface area contributed by atoms with Crippen molar-refractivity contribution < 1.29 is 43.9 Å². The van der Waals surface area contributed by atoms with Gasteiger partial charge in [-0.05, 0) is 24.3 Å². The van der Waals surface area contributed by atoms with Crippen LogP contribution in [-0.4, -0.2) is 9.97 Å². The Morgan fingerprint density at radius 3 is 0.913 bits per heavy atom. The first-order valence-corrected chi connectivity index (χ1v) is 17.2. The van der Waals surface area contributed by atoms with E-state index in [-0.39, 0.29) is 9.75 Å². The predicted molar refractivity (Wildman–Crippen MR) is 163 cm³/mol. The van der Waals surface area contributed by atoms with E-state index >= 15 is 0 Å². The van der Waals surface area contributed by atoms with Gasteiger partial charge in [-0.3, -0.25) is 0 Å². The highest BCUT2D eigenvalue weighted by Gasteiger charge is 2.29. The summed E-state index contributed by atoms with van der Waals surface area (Å²) in [6.45, 7) is 0. The van der Waals surface area contributed by atoms with Crippen molar-refractivity contribution in [3.63, 3.8) is 0 Å². The van der Waals surface area contributed by atoms with Crippen LogP contribution >= 0.6 is 68.0 Å². The van der Waals surface area contributed by atoms with Gasteiger partial charge in [0.1, 0.15) is 10.0 Å². The van der Waals surface area contributed by atoms with E-state index in [0.717, 1.165) is 22.7 Å². The molecule has 0 amide bonds. The van der Waals surface area contributed by atoms with E-state index in [1.807, 2.05) is 0 Å². The normalized spacial score (nSPS) is 12.1. The van der Waals surface area contributed by atoms with Gasteiger partial charge in [-0.1, -0.05) is 22.7 Å². The van der Waals surface area contributed by atoms with Gasteiger partial charge < -0.3 is 0 Å². The summed E-state index contributed by atoms with van der Waals surface area (Å²) in [5, 5.41) is 1.21. The minimum Gasteiger partial charge on any atom is -0.222 e. The Hall–Kier alpha value is -3.42. The number of fused-ring (bicyclic) bond motifs is 3. The molecule has 0 aliphatic rings. The fourth-order valence-electron chi connectivity index (χ4n) is 4.62. The highest BCUT2D eigenvalue weighted by molar-refractivity contribution is 7.35. The van der Waals surface area contributed by atoms with Gasteiger partial charge in [0.2, 0.25) is 11.6 Å². The molecule has 0 N–H and O–H groups in total. The molecular formula is C28H4F10N2S6. The predicted octanol–water partition coefficient (Wildman–Crippen LogP) is 12.4. The molecule has 18 heteroatoms. The molecule has 6 heterocycles. The molecule has 0 saturated heterocycles. The van der Waals surface area contributed by atoms with Crippen LogP contribution in [0, 0.1) is 58.2 Å². The van der Waals surface area contributed by atoms with Crippen LogP contribution < -0.4 is 0 Å². The average molecular weight is 751 g/mol. The Kier molecular flexibility index (Phi) is 6.87. The van der Waals surface area contributed by atoms with Crippen LogP contribution in [0.2, 0.25) is 0 Å². The summed E-state index contributed by atoms with van der Waals surface area (Å²) in [7, 11) is 0. The van der Waals surface area contributed by atoms with Crippen LogP contribution in [0.5, 0.6) is 0 Å². The zero-order valence-electron chi connectivity index (χ0n) is 21.4. The third-order valence-electron chi connectivity index (χ3n) is 6.72. The number of nitrogens with zero attached hydrogens (tertiary/aromatic N) is 2. The van der Waals surface area contributed by atoms with Crippen molar-refractivity contribution in [2.45, 2.75) is 0 Å². The van der Waals surface area contributed by atoms with E-state index in [0.29, 0.717) is 48.2 Å². The largest absolute Gasteiger partial charge is 0.222 e. The SMILES string of the molecule is Fc1c(F)c(F)c(-c2cc3sc(-c4nc5sc(-c6cc7sc(-c8c(F)c(F)c(F)c(F)c8F)cc7s6)nc5s4)cc3s2)c(F)c1F. The lowest BCUT2D eigenvalue weighted by Gasteiger charge is -2.06. The topological polar surface area (TPSA) is 25.8 Å². The first-order valence-electron chi connectivity index (χ1n) is 12.3. The van der Waals surface area contributed by atoms with Crippen LogP contribution in [0.4, 0.5) is 43.9 Å². The smallest absolute Gasteiger partial charge is 0.200 e. The second-order valence-electron chi connectivity index (χ2n) is 9.44. The van der Waals surface area contributed by atoms with Gasteiger partial charge in [-0.25, -0.2) is 53.9 Å². The van der Waals surface area contributed by atoms with Crippen molar-refractivity contribution in [2.24, 2.45) is 0 Å². The molecule has 232 valence electrons. The number of aromatic nitrogens is 2. The van der Waals surface area contributed by atoms with Gasteiger partial charge in [0.15, 0.2) is 56.2 Å². The summed E-state index contributed by atoms with van der Waals surface area (Å²) >= 11 is 6.76. The number of thiazole rings is 2. The van der Waals surface area contributed by atoms with Crippen molar-refractivity contribution >= 4 is 96.5 Å². The average Bonchev–Trinajstić information content (AvgIpc) is 3.84. The van der Waals surface area contributed by atoms with E-state index in [1.54, 1.807) is 12.1 Å². The minimum atomic E-state index is -2.22. The molecule has 0 unspecified atom stereocenters. The Morgan fingerprint density at radius 2 is 0.587 bits per heavy atom. The summed E-state index contributed by atoms with van der Waals surface area (Å²) in [6, 6.07) is 6.13. The molecule has 0 bridgehead atoms. The van der Waals surface area contributed by atoms with Crippen LogP contribution in [0.1, 0.15) is 0 Å². The molecule has 0 radical (unpaired) electrons. The fraction of sp³-hybridized carbons (Fsp3) is 0. The molecule has 6 aromatic heterocycles. The summed E-state index contributed by atoms with van der Waals surface area (Å²) in [5.41, 5.74) is -1.97. The second kappa shape index (κ2) is 10.5. The van der Waals surface area contributed by atoms with Gasteiger partial charge in [0.05, 0.1) is 20.9 Å². The summed E-state index contributed by atoms with van der Waals surface area (Å²) < 4.78 is 141. The molecule has 2 aromatic carbocycles. The lowest BCUT2D eigenvalue weighted by atomic mass is 10.1. The van der Waals surface area contributed by atoms with E-state index in [1.165, 1.54) is 57.5 Å². The molecule has 8 aromatic rings.